The lowest BCUT2D eigenvalue weighted by Crippen LogP contribution is -2.42. The standard InChI is InChI=1S/C25H34FN3O2/c1-19(2)18-31-24-10-6-20(7-11-24)14-27-25(30)29(17-22-12-13-28(3)15-22)16-21-4-8-23(26)9-5-21/h4-11,19,22H,12-18H2,1-3H3,(H,27,30)/t22-/m1/s1. The Balaban J connectivity index is 1.58. The highest BCUT2D eigenvalue weighted by atomic mass is 19.1. The molecule has 1 heterocycles. The van der Waals surface area contributed by atoms with Gasteiger partial charge in [-0.2, -0.15) is 0 Å². The SMILES string of the molecule is CC(C)COc1ccc(CNC(=O)N(Cc2ccc(F)cc2)C[C@@H]2CCN(C)C2)cc1. The molecule has 0 aromatic heterocycles. The molecule has 0 radical (unpaired) electrons. The number of nitrogens with zero attached hydrogens (tertiary/aromatic N) is 2. The Morgan fingerprint density at radius 3 is 2.45 bits per heavy atom. The summed E-state index contributed by atoms with van der Waals surface area (Å²) < 4.78 is 19.0. The molecule has 1 atom stereocenters. The molecular weight excluding hydrogens is 393 g/mol. The van der Waals surface area contributed by atoms with Crippen LogP contribution in [0.4, 0.5) is 9.18 Å². The molecule has 0 spiro atoms. The van der Waals surface area contributed by atoms with E-state index in [9.17, 15) is 9.18 Å². The Bertz CT molecular complexity index is 824. The maximum Gasteiger partial charge on any atom is 0.317 e. The first kappa shape index (κ1) is 23.1. The third-order valence-electron chi connectivity index (χ3n) is 5.49. The average molecular weight is 428 g/mol. The number of carbonyl (C=O) groups excluding carboxylic acids is 1. The monoisotopic (exact) mass is 427 g/mol. The third kappa shape index (κ3) is 7.55. The second-order valence-electron chi connectivity index (χ2n) is 8.93. The maximum atomic E-state index is 13.3. The van der Waals surface area contributed by atoms with Crippen molar-refractivity contribution in [3.8, 4) is 5.75 Å². The summed E-state index contributed by atoms with van der Waals surface area (Å²) in [5.74, 6) is 1.50. The van der Waals surface area contributed by atoms with Crippen LogP contribution in [0.5, 0.6) is 5.75 Å². The number of likely N-dealkylation sites (tertiary alicyclic amines) is 1. The lowest BCUT2D eigenvalue weighted by Gasteiger charge is -2.26. The van der Waals surface area contributed by atoms with Gasteiger partial charge < -0.3 is 19.9 Å². The molecule has 1 saturated heterocycles. The van der Waals surface area contributed by atoms with Gasteiger partial charge in [0.05, 0.1) is 6.61 Å². The van der Waals surface area contributed by atoms with Crippen LogP contribution in [0.3, 0.4) is 0 Å². The maximum absolute atomic E-state index is 13.3. The van der Waals surface area contributed by atoms with E-state index in [1.54, 1.807) is 12.1 Å². The first-order valence-electron chi connectivity index (χ1n) is 11.1. The molecule has 2 aromatic rings. The van der Waals surface area contributed by atoms with Crippen LogP contribution in [0.1, 0.15) is 31.4 Å². The van der Waals surface area contributed by atoms with Crippen LogP contribution in [-0.2, 0) is 13.1 Å². The molecule has 2 amide bonds. The summed E-state index contributed by atoms with van der Waals surface area (Å²) in [6.45, 7) is 8.58. The van der Waals surface area contributed by atoms with Gasteiger partial charge >= 0.3 is 6.03 Å². The predicted molar refractivity (Wildman–Crippen MR) is 121 cm³/mol. The van der Waals surface area contributed by atoms with Crippen LogP contribution in [-0.4, -0.2) is 49.1 Å². The van der Waals surface area contributed by atoms with Crippen LogP contribution >= 0.6 is 0 Å². The first-order valence-corrected chi connectivity index (χ1v) is 11.1. The van der Waals surface area contributed by atoms with E-state index in [2.05, 4.69) is 31.1 Å². The number of carbonyl (C=O) groups is 1. The summed E-state index contributed by atoms with van der Waals surface area (Å²) in [5, 5.41) is 3.04. The van der Waals surface area contributed by atoms with Gasteiger partial charge in [-0.1, -0.05) is 38.1 Å². The quantitative estimate of drug-likeness (QED) is 0.640. The van der Waals surface area contributed by atoms with Gasteiger partial charge in [0.1, 0.15) is 11.6 Å². The minimum absolute atomic E-state index is 0.0981. The molecule has 1 N–H and O–H groups in total. The van der Waals surface area contributed by atoms with E-state index < -0.39 is 0 Å². The number of rotatable bonds is 9. The van der Waals surface area contributed by atoms with Gasteiger partial charge in [0, 0.05) is 26.2 Å². The lowest BCUT2D eigenvalue weighted by molar-refractivity contribution is 0.184. The summed E-state index contributed by atoms with van der Waals surface area (Å²) in [5.41, 5.74) is 1.95. The molecule has 0 bridgehead atoms. The fourth-order valence-electron chi connectivity index (χ4n) is 3.77. The molecule has 0 aliphatic carbocycles. The number of hydrogen-bond donors (Lipinski definition) is 1. The molecule has 31 heavy (non-hydrogen) atoms. The Kier molecular flexibility index (Phi) is 8.29. The fourth-order valence-corrected chi connectivity index (χ4v) is 3.77. The van der Waals surface area contributed by atoms with Crippen molar-refractivity contribution in [2.75, 3.05) is 33.3 Å². The van der Waals surface area contributed by atoms with Gasteiger partial charge in [-0.15, -0.1) is 0 Å². The number of amides is 2. The van der Waals surface area contributed by atoms with E-state index in [4.69, 9.17) is 4.74 Å². The fraction of sp³-hybridized carbons (Fsp3) is 0.480. The number of ether oxygens (including phenoxy) is 1. The van der Waals surface area contributed by atoms with Crippen molar-refractivity contribution in [2.45, 2.75) is 33.4 Å². The molecule has 1 aliphatic rings. The number of halogens is 1. The Morgan fingerprint density at radius 1 is 1.16 bits per heavy atom. The lowest BCUT2D eigenvalue weighted by atomic mass is 10.1. The van der Waals surface area contributed by atoms with Crippen molar-refractivity contribution in [2.24, 2.45) is 11.8 Å². The van der Waals surface area contributed by atoms with Gasteiger partial charge in [0.2, 0.25) is 0 Å². The first-order chi connectivity index (χ1) is 14.9. The topological polar surface area (TPSA) is 44.8 Å². The highest BCUT2D eigenvalue weighted by Crippen LogP contribution is 2.18. The van der Waals surface area contributed by atoms with E-state index in [1.165, 1.54) is 12.1 Å². The van der Waals surface area contributed by atoms with Crippen molar-refractivity contribution in [3.05, 3.63) is 65.5 Å². The Morgan fingerprint density at radius 2 is 1.84 bits per heavy atom. The van der Waals surface area contributed by atoms with Crippen molar-refractivity contribution in [1.82, 2.24) is 15.1 Å². The molecule has 1 fully saturated rings. The van der Waals surface area contributed by atoms with E-state index in [0.717, 1.165) is 36.4 Å². The van der Waals surface area contributed by atoms with E-state index in [1.807, 2.05) is 29.2 Å². The second kappa shape index (κ2) is 11.1. The number of nitrogens with one attached hydrogen (secondary N) is 1. The van der Waals surface area contributed by atoms with Gasteiger partial charge in [0.15, 0.2) is 0 Å². The zero-order chi connectivity index (χ0) is 22.2. The largest absolute Gasteiger partial charge is 0.493 e. The molecule has 3 rings (SSSR count). The number of urea groups is 1. The van der Waals surface area contributed by atoms with Crippen LogP contribution in [0.15, 0.2) is 48.5 Å². The molecule has 1 aliphatic heterocycles. The molecule has 6 heteroatoms. The molecular formula is C25H34FN3O2. The normalized spacial score (nSPS) is 16.5. The van der Waals surface area contributed by atoms with Gasteiger partial charge in [-0.05, 0) is 67.2 Å². The second-order valence-corrected chi connectivity index (χ2v) is 8.93. The highest BCUT2D eigenvalue weighted by Gasteiger charge is 2.24. The van der Waals surface area contributed by atoms with Crippen LogP contribution < -0.4 is 10.1 Å². The summed E-state index contributed by atoms with van der Waals surface area (Å²) >= 11 is 0. The van der Waals surface area contributed by atoms with Crippen LogP contribution in [0.25, 0.3) is 0 Å². The van der Waals surface area contributed by atoms with Crippen molar-refractivity contribution in [1.29, 1.82) is 0 Å². The minimum atomic E-state index is -0.266. The van der Waals surface area contributed by atoms with Gasteiger partial charge in [-0.3, -0.25) is 0 Å². The minimum Gasteiger partial charge on any atom is -0.493 e. The summed E-state index contributed by atoms with van der Waals surface area (Å²) in [6, 6.07) is 14.1. The highest BCUT2D eigenvalue weighted by molar-refractivity contribution is 5.74. The summed E-state index contributed by atoms with van der Waals surface area (Å²) in [7, 11) is 2.11. The summed E-state index contributed by atoms with van der Waals surface area (Å²) in [4.78, 5) is 17.1. The Hall–Kier alpha value is -2.60. The summed E-state index contributed by atoms with van der Waals surface area (Å²) in [6.07, 6.45) is 1.08. The van der Waals surface area contributed by atoms with E-state index in [-0.39, 0.29) is 11.8 Å². The third-order valence-corrected chi connectivity index (χ3v) is 5.49. The number of benzene rings is 2. The smallest absolute Gasteiger partial charge is 0.317 e. The molecule has 0 unspecified atom stereocenters. The predicted octanol–water partition coefficient (Wildman–Crippen LogP) is 4.52. The van der Waals surface area contributed by atoms with Crippen molar-refractivity contribution in [3.63, 3.8) is 0 Å². The van der Waals surface area contributed by atoms with Gasteiger partial charge in [-0.25, -0.2) is 9.18 Å². The van der Waals surface area contributed by atoms with Crippen LogP contribution in [0, 0.1) is 17.7 Å². The van der Waals surface area contributed by atoms with Crippen molar-refractivity contribution < 1.29 is 13.9 Å². The zero-order valence-electron chi connectivity index (χ0n) is 18.8. The number of hydrogen-bond acceptors (Lipinski definition) is 3. The Labute approximate surface area is 185 Å². The molecule has 0 saturated carbocycles. The van der Waals surface area contributed by atoms with E-state index >= 15 is 0 Å². The zero-order valence-corrected chi connectivity index (χ0v) is 18.8. The average Bonchev–Trinajstić information content (AvgIpc) is 3.17. The van der Waals surface area contributed by atoms with Crippen molar-refractivity contribution >= 4 is 6.03 Å². The molecule has 2 aromatic carbocycles. The van der Waals surface area contributed by atoms with Crippen LogP contribution in [0.2, 0.25) is 0 Å². The molecule has 168 valence electrons. The van der Waals surface area contributed by atoms with Gasteiger partial charge in [0.25, 0.3) is 0 Å². The van der Waals surface area contributed by atoms with E-state index in [0.29, 0.717) is 38.1 Å². The molecule has 5 nitrogen and oxygen atoms in total.